The number of alkyl halides is 6. The zero-order valence-electron chi connectivity index (χ0n) is 21.0. The minimum atomic E-state index is -5.08. The summed E-state index contributed by atoms with van der Waals surface area (Å²) in [6.07, 6.45) is -4.31. The van der Waals surface area contributed by atoms with Crippen molar-refractivity contribution in [2.75, 3.05) is 18.4 Å². The second-order valence-corrected chi connectivity index (χ2v) is 8.74. The van der Waals surface area contributed by atoms with Crippen LogP contribution in [0, 0.1) is 5.92 Å². The normalized spacial score (nSPS) is 20.7. The van der Waals surface area contributed by atoms with E-state index in [0.29, 0.717) is 11.6 Å². The number of nitrogens with zero attached hydrogens (tertiary/aromatic N) is 2. The molecular formula is C24H27F6N3O7. The molecule has 222 valence electrons. The second kappa shape index (κ2) is 14.1. The first-order valence-corrected chi connectivity index (χ1v) is 11.9. The van der Waals surface area contributed by atoms with E-state index in [0.717, 1.165) is 50.4 Å². The fourth-order valence-corrected chi connectivity index (χ4v) is 3.88. The summed E-state index contributed by atoms with van der Waals surface area (Å²) < 4.78 is 75.4. The fraction of sp³-hybridized carbons (Fsp3) is 0.500. The van der Waals surface area contributed by atoms with Gasteiger partial charge in [0.15, 0.2) is 0 Å². The van der Waals surface area contributed by atoms with Crippen molar-refractivity contribution < 1.29 is 60.1 Å². The Bertz CT molecular complexity index is 1100. The van der Waals surface area contributed by atoms with Gasteiger partial charge in [-0.25, -0.2) is 9.59 Å². The number of ether oxygens (including phenoxy) is 1. The number of furan rings is 1. The van der Waals surface area contributed by atoms with Gasteiger partial charge in [0.1, 0.15) is 17.6 Å². The van der Waals surface area contributed by atoms with Gasteiger partial charge in [-0.15, -0.1) is 0 Å². The average Bonchev–Trinajstić information content (AvgIpc) is 3.51. The lowest BCUT2D eigenvalue weighted by atomic mass is 9.91. The predicted octanol–water partition coefficient (Wildman–Crippen LogP) is 4.12. The molecule has 16 heteroatoms. The predicted molar refractivity (Wildman–Crippen MR) is 125 cm³/mol. The number of carbonyl (C=O) groups is 3. The molecule has 3 atom stereocenters. The summed E-state index contributed by atoms with van der Waals surface area (Å²) in [6.45, 7) is 4.77. The number of hydrogen-bond acceptors (Lipinski definition) is 7. The SMILES string of the molecule is CCc1ccc(CN2CC[C@H]3C[C@H](C(=O)Nc4cccnc4)O[C@@H]3C2)o1.O=C(O)C(F)(F)F.O=C(O)C(F)(F)F. The maximum atomic E-state index is 12.5. The molecule has 4 heterocycles. The third-order valence-corrected chi connectivity index (χ3v) is 5.79. The van der Waals surface area contributed by atoms with Crippen LogP contribution >= 0.6 is 0 Å². The van der Waals surface area contributed by atoms with E-state index in [1.54, 1.807) is 18.5 Å². The topological polar surface area (TPSA) is 142 Å². The molecule has 2 aromatic heterocycles. The molecule has 10 nitrogen and oxygen atoms in total. The van der Waals surface area contributed by atoms with Crippen LogP contribution in [0.2, 0.25) is 0 Å². The number of aliphatic carboxylic acids is 2. The van der Waals surface area contributed by atoms with E-state index < -0.39 is 24.3 Å². The summed E-state index contributed by atoms with van der Waals surface area (Å²) in [5.41, 5.74) is 0.710. The highest BCUT2D eigenvalue weighted by Gasteiger charge is 2.42. The number of halogens is 6. The number of aromatic nitrogens is 1. The zero-order chi connectivity index (χ0) is 30.1. The van der Waals surface area contributed by atoms with Crippen LogP contribution < -0.4 is 5.32 Å². The highest BCUT2D eigenvalue weighted by atomic mass is 19.4. The number of anilines is 1. The van der Waals surface area contributed by atoms with Crippen molar-refractivity contribution in [2.45, 2.75) is 57.3 Å². The van der Waals surface area contributed by atoms with Crippen LogP contribution in [-0.2, 0) is 32.1 Å². The molecule has 40 heavy (non-hydrogen) atoms. The van der Waals surface area contributed by atoms with Crippen molar-refractivity contribution in [3.8, 4) is 0 Å². The summed E-state index contributed by atoms with van der Waals surface area (Å²) in [4.78, 5) is 36.7. The second-order valence-electron chi connectivity index (χ2n) is 8.74. The first-order valence-electron chi connectivity index (χ1n) is 11.9. The molecule has 2 aromatic rings. The van der Waals surface area contributed by atoms with Crippen molar-refractivity contribution in [3.05, 3.63) is 48.2 Å². The van der Waals surface area contributed by atoms with Crippen LogP contribution in [0.25, 0.3) is 0 Å². The fourth-order valence-electron chi connectivity index (χ4n) is 3.88. The third-order valence-electron chi connectivity index (χ3n) is 5.79. The average molecular weight is 583 g/mol. The standard InChI is InChI=1S/C20H25N3O3.2C2HF3O2/c1-2-16-5-6-17(25-16)12-23-9-7-14-10-18(26-19(14)13-23)20(24)22-15-4-3-8-21-11-15;2*3-2(4,5)1(6)7/h3-6,8,11,14,18-19H,2,7,9-10,12-13H2,1H3,(H,22,24);2*(H,6,7)/t14-,18+,19+;;/m0../s1. The molecule has 3 N–H and O–H groups in total. The van der Waals surface area contributed by atoms with Gasteiger partial charge in [-0.2, -0.15) is 26.3 Å². The lowest BCUT2D eigenvalue weighted by Gasteiger charge is -2.33. The number of likely N-dealkylation sites (tertiary alicyclic amines) is 1. The van der Waals surface area contributed by atoms with Crippen LogP contribution in [0.15, 0.2) is 41.1 Å². The van der Waals surface area contributed by atoms with Crippen LogP contribution in [-0.4, -0.2) is 75.6 Å². The van der Waals surface area contributed by atoms with Crippen molar-refractivity contribution >= 4 is 23.5 Å². The van der Waals surface area contributed by atoms with Gasteiger partial charge in [0.25, 0.3) is 5.91 Å². The number of rotatable bonds is 5. The maximum Gasteiger partial charge on any atom is 0.490 e. The van der Waals surface area contributed by atoms with Crippen LogP contribution in [0.4, 0.5) is 32.0 Å². The van der Waals surface area contributed by atoms with Crippen molar-refractivity contribution in [1.29, 1.82) is 0 Å². The Hall–Kier alpha value is -3.66. The number of fused-ring (bicyclic) bond motifs is 1. The number of pyridine rings is 1. The van der Waals surface area contributed by atoms with Gasteiger partial charge in [0.2, 0.25) is 0 Å². The number of amides is 1. The van der Waals surface area contributed by atoms with E-state index in [-0.39, 0.29) is 18.1 Å². The summed E-state index contributed by atoms with van der Waals surface area (Å²) in [5, 5.41) is 17.1. The minimum Gasteiger partial charge on any atom is -0.475 e. The monoisotopic (exact) mass is 583 g/mol. The van der Waals surface area contributed by atoms with Gasteiger partial charge in [0, 0.05) is 19.2 Å². The Kier molecular flexibility index (Phi) is 11.5. The number of carboxylic acid groups (broad SMARTS) is 2. The van der Waals surface area contributed by atoms with Gasteiger partial charge in [-0.05, 0) is 49.6 Å². The maximum absolute atomic E-state index is 12.5. The molecule has 1 amide bonds. The zero-order valence-corrected chi connectivity index (χ0v) is 21.0. The molecule has 0 bridgehead atoms. The molecule has 4 rings (SSSR count). The van der Waals surface area contributed by atoms with Gasteiger partial charge in [-0.1, -0.05) is 6.92 Å². The van der Waals surface area contributed by atoms with Crippen molar-refractivity contribution in [3.63, 3.8) is 0 Å². The number of nitrogens with one attached hydrogen (secondary N) is 1. The molecule has 0 radical (unpaired) electrons. The molecule has 0 spiro atoms. The lowest BCUT2D eigenvalue weighted by molar-refractivity contribution is -0.193. The van der Waals surface area contributed by atoms with E-state index in [1.807, 2.05) is 12.1 Å². The van der Waals surface area contributed by atoms with E-state index in [9.17, 15) is 31.1 Å². The van der Waals surface area contributed by atoms with E-state index >= 15 is 0 Å². The summed E-state index contributed by atoms with van der Waals surface area (Å²) in [5.74, 6) is -3.10. The van der Waals surface area contributed by atoms with E-state index in [2.05, 4.69) is 28.2 Å². The Morgan fingerprint density at radius 1 is 1.05 bits per heavy atom. The number of hydrogen-bond donors (Lipinski definition) is 3. The van der Waals surface area contributed by atoms with Gasteiger partial charge >= 0.3 is 24.3 Å². The molecule has 0 saturated carbocycles. The van der Waals surface area contributed by atoms with E-state index in [4.69, 9.17) is 29.0 Å². The third kappa shape index (κ3) is 10.5. The molecule has 0 aliphatic carbocycles. The Morgan fingerprint density at radius 2 is 1.65 bits per heavy atom. The van der Waals surface area contributed by atoms with Crippen LogP contribution in [0.5, 0.6) is 0 Å². The van der Waals surface area contributed by atoms with Crippen LogP contribution in [0.3, 0.4) is 0 Å². The number of aryl methyl sites for hydroxylation is 1. The summed E-state index contributed by atoms with van der Waals surface area (Å²) in [6, 6.07) is 7.75. The molecule has 2 fully saturated rings. The van der Waals surface area contributed by atoms with Crippen molar-refractivity contribution in [1.82, 2.24) is 9.88 Å². The quantitative estimate of drug-likeness (QED) is 0.443. The number of piperidine rings is 1. The summed E-state index contributed by atoms with van der Waals surface area (Å²) in [7, 11) is 0. The number of carbonyl (C=O) groups excluding carboxylic acids is 1. The summed E-state index contributed by atoms with van der Waals surface area (Å²) >= 11 is 0. The van der Waals surface area contributed by atoms with Crippen molar-refractivity contribution in [2.24, 2.45) is 5.92 Å². The van der Waals surface area contributed by atoms with Gasteiger partial charge in [0.05, 0.1) is 24.5 Å². The lowest BCUT2D eigenvalue weighted by Crippen LogP contribution is -2.41. The largest absolute Gasteiger partial charge is 0.490 e. The Labute approximate surface area is 223 Å². The first-order chi connectivity index (χ1) is 18.6. The highest BCUT2D eigenvalue weighted by Crippen LogP contribution is 2.34. The molecule has 2 aliphatic heterocycles. The van der Waals surface area contributed by atoms with E-state index in [1.165, 1.54) is 0 Å². The van der Waals surface area contributed by atoms with Gasteiger partial charge in [-0.3, -0.25) is 14.7 Å². The molecule has 0 unspecified atom stereocenters. The molecule has 2 aliphatic rings. The molecule has 0 aromatic carbocycles. The van der Waals surface area contributed by atoms with Crippen LogP contribution in [0.1, 0.15) is 31.3 Å². The molecular weight excluding hydrogens is 556 g/mol. The smallest absolute Gasteiger partial charge is 0.475 e. The Balaban J connectivity index is 0.000000333. The number of carboxylic acids is 2. The molecule has 2 saturated heterocycles. The minimum absolute atomic E-state index is 0.0717. The first kappa shape index (κ1) is 32.6. The van der Waals surface area contributed by atoms with Gasteiger partial charge < -0.3 is 24.7 Å². The highest BCUT2D eigenvalue weighted by molar-refractivity contribution is 5.94. The Morgan fingerprint density at radius 3 is 2.15 bits per heavy atom.